The van der Waals surface area contributed by atoms with E-state index in [0.717, 1.165) is 16.3 Å². The van der Waals surface area contributed by atoms with Gasteiger partial charge >= 0.3 is 0 Å². The van der Waals surface area contributed by atoms with Crippen LogP contribution in [0.1, 0.15) is 17.3 Å². The minimum Gasteiger partial charge on any atom is -0.494 e. The first-order valence-electron chi connectivity index (χ1n) is 8.65. The van der Waals surface area contributed by atoms with E-state index in [2.05, 4.69) is 10.2 Å². The third-order valence-electron chi connectivity index (χ3n) is 3.84. The Morgan fingerprint density at radius 2 is 1.81 bits per heavy atom. The number of aromatic nitrogens is 2. The highest BCUT2D eigenvalue weighted by atomic mass is 32.1. The number of hydrogen-bond donors (Lipinski definition) is 0. The van der Waals surface area contributed by atoms with Crippen molar-refractivity contribution < 1.29 is 14.3 Å². The van der Waals surface area contributed by atoms with E-state index in [4.69, 9.17) is 9.47 Å². The second-order valence-corrected chi connectivity index (χ2v) is 6.62. The lowest BCUT2D eigenvalue weighted by atomic mass is 10.2. The van der Waals surface area contributed by atoms with Gasteiger partial charge in [0.2, 0.25) is 5.13 Å². The fourth-order valence-electron chi connectivity index (χ4n) is 2.50. The van der Waals surface area contributed by atoms with Crippen LogP contribution in [0.25, 0.3) is 10.6 Å². The summed E-state index contributed by atoms with van der Waals surface area (Å²) in [7, 11) is 1.61. The van der Waals surface area contributed by atoms with Crippen LogP contribution in [0.5, 0.6) is 5.75 Å². The maximum absolute atomic E-state index is 12.9. The van der Waals surface area contributed by atoms with Gasteiger partial charge in [0, 0.05) is 18.2 Å². The molecule has 0 atom stereocenters. The molecule has 0 radical (unpaired) electrons. The van der Waals surface area contributed by atoms with Gasteiger partial charge in [0.25, 0.3) is 5.91 Å². The van der Waals surface area contributed by atoms with Crippen LogP contribution in [0.2, 0.25) is 0 Å². The SMILES string of the molecule is CCOc1ccc(-c2nnc(N(CCOC)C(=O)c3ccccc3)s2)cc1. The molecule has 0 aliphatic carbocycles. The summed E-state index contributed by atoms with van der Waals surface area (Å²) in [5, 5.41) is 9.79. The third kappa shape index (κ3) is 4.69. The Morgan fingerprint density at radius 3 is 2.48 bits per heavy atom. The van der Waals surface area contributed by atoms with E-state index >= 15 is 0 Å². The summed E-state index contributed by atoms with van der Waals surface area (Å²) in [6, 6.07) is 16.8. The molecule has 1 amide bonds. The van der Waals surface area contributed by atoms with Crippen LogP contribution in [0, 0.1) is 0 Å². The molecule has 0 N–H and O–H groups in total. The molecule has 0 unspecified atom stereocenters. The predicted molar refractivity (Wildman–Crippen MR) is 107 cm³/mol. The molecule has 0 spiro atoms. The minimum absolute atomic E-state index is 0.123. The average Bonchev–Trinajstić information content (AvgIpc) is 3.19. The van der Waals surface area contributed by atoms with Crippen LogP contribution < -0.4 is 9.64 Å². The van der Waals surface area contributed by atoms with Crippen LogP contribution in [0.3, 0.4) is 0 Å². The van der Waals surface area contributed by atoms with Crippen molar-refractivity contribution in [2.45, 2.75) is 6.92 Å². The summed E-state index contributed by atoms with van der Waals surface area (Å²) in [6.45, 7) is 3.39. The van der Waals surface area contributed by atoms with Gasteiger partial charge in [0.15, 0.2) is 0 Å². The molecular weight excluding hydrogens is 362 g/mol. The summed E-state index contributed by atoms with van der Waals surface area (Å²) in [5.41, 5.74) is 1.53. The smallest absolute Gasteiger partial charge is 0.260 e. The molecule has 6 nitrogen and oxygen atoms in total. The quantitative estimate of drug-likeness (QED) is 0.590. The van der Waals surface area contributed by atoms with Crippen molar-refractivity contribution in [3.05, 3.63) is 60.2 Å². The zero-order chi connectivity index (χ0) is 19.1. The van der Waals surface area contributed by atoms with E-state index in [1.54, 1.807) is 24.1 Å². The molecule has 0 aliphatic heterocycles. The normalized spacial score (nSPS) is 10.6. The molecule has 27 heavy (non-hydrogen) atoms. The lowest BCUT2D eigenvalue weighted by molar-refractivity contribution is 0.0975. The lowest BCUT2D eigenvalue weighted by Crippen LogP contribution is -2.33. The maximum atomic E-state index is 12.9. The summed E-state index contributed by atoms with van der Waals surface area (Å²) >= 11 is 1.37. The monoisotopic (exact) mass is 383 g/mol. The van der Waals surface area contributed by atoms with Crippen molar-refractivity contribution >= 4 is 22.4 Å². The number of carbonyl (C=O) groups excluding carboxylic acids is 1. The van der Waals surface area contributed by atoms with Gasteiger partial charge in [0.1, 0.15) is 10.8 Å². The van der Waals surface area contributed by atoms with Crippen LogP contribution in [-0.4, -0.2) is 43.0 Å². The standard InChI is InChI=1S/C20H21N3O3S/c1-3-26-17-11-9-15(10-12-17)18-21-22-20(27-18)23(13-14-25-2)19(24)16-7-5-4-6-8-16/h4-12H,3,13-14H2,1-2H3. The van der Waals surface area contributed by atoms with Crippen LogP contribution in [0.15, 0.2) is 54.6 Å². The highest BCUT2D eigenvalue weighted by Gasteiger charge is 2.21. The fraction of sp³-hybridized carbons (Fsp3) is 0.250. The maximum Gasteiger partial charge on any atom is 0.260 e. The lowest BCUT2D eigenvalue weighted by Gasteiger charge is -2.18. The van der Waals surface area contributed by atoms with E-state index < -0.39 is 0 Å². The Bertz CT molecular complexity index is 866. The zero-order valence-electron chi connectivity index (χ0n) is 15.3. The molecule has 0 saturated heterocycles. The molecule has 140 valence electrons. The summed E-state index contributed by atoms with van der Waals surface area (Å²) in [4.78, 5) is 14.5. The molecule has 0 bridgehead atoms. The van der Waals surface area contributed by atoms with Crippen molar-refractivity contribution in [3.8, 4) is 16.3 Å². The number of amides is 1. The number of benzene rings is 2. The number of carbonyl (C=O) groups is 1. The van der Waals surface area contributed by atoms with Crippen molar-refractivity contribution in [1.82, 2.24) is 10.2 Å². The number of methoxy groups -OCH3 is 1. The molecular formula is C20H21N3O3S. The Balaban J connectivity index is 1.84. The first kappa shape index (κ1) is 19.0. The number of hydrogen-bond acceptors (Lipinski definition) is 6. The molecule has 0 fully saturated rings. The van der Waals surface area contributed by atoms with Crippen LogP contribution in [-0.2, 0) is 4.74 Å². The molecule has 0 aliphatic rings. The van der Waals surface area contributed by atoms with Gasteiger partial charge in [-0.1, -0.05) is 29.5 Å². The zero-order valence-corrected chi connectivity index (χ0v) is 16.1. The van der Waals surface area contributed by atoms with Crippen molar-refractivity contribution in [2.75, 3.05) is 31.8 Å². The third-order valence-corrected chi connectivity index (χ3v) is 4.84. The van der Waals surface area contributed by atoms with Gasteiger partial charge in [-0.2, -0.15) is 0 Å². The number of rotatable bonds is 8. The van der Waals surface area contributed by atoms with Crippen LogP contribution in [0.4, 0.5) is 5.13 Å². The van der Waals surface area contributed by atoms with Gasteiger partial charge in [-0.3, -0.25) is 9.69 Å². The van der Waals surface area contributed by atoms with Gasteiger partial charge in [-0.15, -0.1) is 10.2 Å². The first-order chi connectivity index (χ1) is 13.2. The van der Waals surface area contributed by atoms with Gasteiger partial charge < -0.3 is 9.47 Å². The highest BCUT2D eigenvalue weighted by molar-refractivity contribution is 7.18. The summed E-state index contributed by atoms with van der Waals surface area (Å²) < 4.78 is 10.6. The van der Waals surface area contributed by atoms with Gasteiger partial charge in [-0.05, 0) is 43.3 Å². The first-order valence-corrected chi connectivity index (χ1v) is 9.47. The second-order valence-electron chi connectivity index (χ2n) is 5.66. The largest absolute Gasteiger partial charge is 0.494 e. The Hall–Kier alpha value is -2.77. The molecule has 1 heterocycles. The van der Waals surface area contributed by atoms with Crippen LogP contribution >= 0.6 is 11.3 Å². The van der Waals surface area contributed by atoms with Gasteiger partial charge in [-0.25, -0.2) is 0 Å². The molecule has 1 aromatic heterocycles. The topological polar surface area (TPSA) is 64.6 Å². The van der Waals surface area contributed by atoms with E-state index in [1.165, 1.54) is 11.3 Å². The van der Waals surface area contributed by atoms with E-state index in [-0.39, 0.29) is 5.91 Å². The highest BCUT2D eigenvalue weighted by Crippen LogP contribution is 2.30. The summed E-state index contributed by atoms with van der Waals surface area (Å²) in [5.74, 6) is 0.689. The Morgan fingerprint density at radius 1 is 1.07 bits per heavy atom. The molecule has 3 rings (SSSR count). The second kappa shape index (κ2) is 9.25. The summed E-state index contributed by atoms with van der Waals surface area (Å²) in [6.07, 6.45) is 0. The predicted octanol–water partition coefficient (Wildman–Crippen LogP) is 3.90. The Labute approximate surface area is 162 Å². The number of ether oxygens (including phenoxy) is 2. The average molecular weight is 383 g/mol. The van der Waals surface area contributed by atoms with Crippen molar-refractivity contribution in [1.29, 1.82) is 0 Å². The fourth-order valence-corrected chi connectivity index (χ4v) is 3.38. The minimum atomic E-state index is -0.123. The van der Waals surface area contributed by atoms with E-state index in [0.29, 0.717) is 30.5 Å². The number of anilines is 1. The molecule has 7 heteroatoms. The van der Waals surface area contributed by atoms with E-state index in [1.807, 2.05) is 49.4 Å². The molecule has 3 aromatic rings. The van der Waals surface area contributed by atoms with E-state index in [9.17, 15) is 4.79 Å². The number of nitrogens with zero attached hydrogens (tertiary/aromatic N) is 3. The Kier molecular flexibility index (Phi) is 6.51. The van der Waals surface area contributed by atoms with Crippen molar-refractivity contribution in [2.24, 2.45) is 0 Å². The van der Waals surface area contributed by atoms with Gasteiger partial charge in [0.05, 0.1) is 19.8 Å². The van der Waals surface area contributed by atoms with Crippen molar-refractivity contribution in [3.63, 3.8) is 0 Å². The molecule has 2 aromatic carbocycles. The molecule has 0 saturated carbocycles.